The van der Waals surface area contributed by atoms with E-state index in [2.05, 4.69) is 36.4 Å². The first-order valence-corrected chi connectivity index (χ1v) is 10.4. The van der Waals surface area contributed by atoms with E-state index in [-0.39, 0.29) is 6.04 Å². The zero-order valence-corrected chi connectivity index (χ0v) is 17.5. The average Bonchev–Trinajstić information content (AvgIpc) is 3.38. The van der Waals surface area contributed by atoms with Crippen molar-refractivity contribution in [2.75, 3.05) is 5.32 Å². The van der Waals surface area contributed by atoms with Gasteiger partial charge in [0.2, 0.25) is 12.1 Å². The van der Waals surface area contributed by atoms with E-state index in [4.69, 9.17) is 10.6 Å². The molecule has 2 unspecified atom stereocenters. The van der Waals surface area contributed by atoms with Crippen LogP contribution in [-0.4, -0.2) is 48.3 Å². The molecular weight excluding hydrogens is 410 g/mol. The Morgan fingerprint density at radius 1 is 1.25 bits per heavy atom. The highest BCUT2D eigenvalue weighted by atomic mass is 16.7. The molecule has 0 saturated carbocycles. The first kappa shape index (κ1) is 20.1. The minimum Gasteiger partial charge on any atom is -0.391 e. The molecule has 11 heteroatoms. The van der Waals surface area contributed by atoms with Gasteiger partial charge < -0.3 is 15.9 Å². The maximum absolute atomic E-state index is 12.0. The van der Waals surface area contributed by atoms with E-state index in [9.17, 15) is 4.79 Å². The Balaban J connectivity index is 1.55. The number of nitrogens with one attached hydrogen (secondary N) is 1. The molecule has 5 rings (SSSR count). The predicted octanol–water partition coefficient (Wildman–Crippen LogP) is 1.87. The van der Waals surface area contributed by atoms with E-state index in [1.165, 1.54) is 18.3 Å². The molecule has 1 aliphatic heterocycles. The summed E-state index contributed by atoms with van der Waals surface area (Å²) in [6.45, 7) is 0. The van der Waals surface area contributed by atoms with Gasteiger partial charge in [-0.15, -0.1) is 5.06 Å². The fourth-order valence-corrected chi connectivity index (χ4v) is 4.26. The molecule has 32 heavy (non-hydrogen) atoms. The lowest BCUT2D eigenvalue weighted by Crippen LogP contribution is -2.42. The standard InChI is InChI=1S/C21H23N9O2/c1-29-10-9-16(28-29)26-21-24-11-23-19(27-21)14-7-4-6-13-5-2-3-8-15(17(13)14)30-20(18(22)31)25-12-32-30/h4,6-7,9-12,15,20H,2-3,5,8H2,1H3,(H2,22,31)(H,23,24,26,27,28). The molecular formula is C21H23N9O2. The number of aliphatic imine (C=N–C) groups is 1. The van der Waals surface area contributed by atoms with Crippen LogP contribution in [0.4, 0.5) is 11.8 Å². The number of fused-ring (bicyclic) bond motifs is 1. The van der Waals surface area contributed by atoms with Crippen molar-refractivity contribution in [3.8, 4) is 11.4 Å². The van der Waals surface area contributed by atoms with Crippen molar-refractivity contribution >= 4 is 24.1 Å². The van der Waals surface area contributed by atoms with Crippen LogP contribution in [0.3, 0.4) is 0 Å². The van der Waals surface area contributed by atoms with Gasteiger partial charge in [-0.05, 0) is 30.4 Å². The number of nitrogens with zero attached hydrogens (tertiary/aromatic N) is 7. The lowest BCUT2D eigenvalue weighted by atomic mass is 9.92. The maximum Gasteiger partial charge on any atom is 0.260 e. The van der Waals surface area contributed by atoms with Gasteiger partial charge in [0.1, 0.15) is 6.33 Å². The van der Waals surface area contributed by atoms with Crippen LogP contribution in [0.25, 0.3) is 11.4 Å². The Hall–Kier alpha value is -3.86. The third-order valence-corrected chi connectivity index (χ3v) is 5.64. The Kier molecular flexibility index (Phi) is 5.23. The van der Waals surface area contributed by atoms with Gasteiger partial charge >= 0.3 is 0 Å². The molecule has 3 aromatic rings. The number of carbonyl (C=O) groups excluding carboxylic acids is 1. The Labute approximate surface area is 184 Å². The molecule has 2 atom stereocenters. The number of carbonyl (C=O) groups is 1. The Morgan fingerprint density at radius 2 is 2.16 bits per heavy atom. The molecule has 0 spiro atoms. The summed E-state index contributed by atoms with van der Waals surface area (Å²) in [5.74, 6) is 1.01. The number of anilines is 2. The number of primary amides is 1. The van der Waals surface area contributed by atoms with Crippen molar-refractivity contribution in [1.82, 2.24) is 29.8 Å². The Bertz CT molecular complexity index is 1180. The summed E-state index contributed by atoms with van der Waals surface area (Å²) in [6, 6.07) is 7.70. The summed E-state index contributed by atoms with van der Waals surface area (Å²) < 4.78 is 1.69. The van der Waals surface area contributed by atoms with Crippen molar-refractivity contribution in [1.29, 1.82) is 0 Å². The number of aryl methyl sites for hydroxylation is 2. The van der Waals surface area contributed by atoms with Crippen LogP contribution in [0, 0.1) is 0 Å². The number of aromatic nitrogens is 5. The quantitative estimate of drug-likeness (QED) is 0.582. The molecule has 3 N–H and O–H groups in total. The number of nitrogens with two attached hydrogens (primary N) is 1. The summed E-state index contributed by atoms with van der Waals surface area (Å²) >= 11 is 0. The largest absolute Gasteiger partial charge is 0.391 e. The van der Waals surface area contributed by atoms with Gasteiger partial charge in [-0.1, -0.05) is 24.6 Å². The highest BCUT2D eigenvalue weighted by Gasteiger charge is 2.38. The zero-order valence-electron chi connectivity index (χ0n) is 17.5. The van der Waals surface area contributed by atoms with E-state index in [1.807, 2.05) is 31.4 Å². The summed E-state index contributed by atoms with van der Waals surface area (Å²) in [4.78, 5) is 35.0. The second-order valence-corrected chi connectivity index (χ2v) is 7.77. The van der Waals surface area contributed by atoms with E-state index in [0.29, 0.717) is 17.6 Å². The monoisotopic (exact) mass is 433 g/mol. The smallest absolute Gasteiger partial charge is 0.260 e. The fraction of sp³-hybridized carbons (Fsp3) is 0.333. The van der Waals surface area contributed by atoms with Crippen molar-refractivity contribution in [3.63, 3.8) is 0 Å². The van der Waals surface area contributed by atoms with Crippen LogP contribution < -0.4 is 11.1 Å². The SMILES string of the molecule is Cn1ccc(Nc2ncnc(-c3cccc4c3C(N3OC=NC3C(N)=O)CCCC4)n2)n1. The zero-order chi connectivity index (χ0) is 22.1. The van der Waals surface area contributed by atoms with Crippen molar-refractivity contribution in [2.24, 2.45) is 17.8 Å². The van der Waals surface area contributed by atoms with Crippen molar-refractivity contribution in [3.05, 3.63) is 47.9 Å². The van der Waals surface area contributed by atoms with Gasteiger partial charge in [0.15, 0.2) is 18.0 Å². The molecule has 1 amide bonds. The van der Waals surface area contributed by atoms with Gasteiger partial charge in [0.05, 0.1) is 6.04 Å². The number of hydroxylamine groups is 2. The van der Waals surface area contributed by atoms with Crippen LogP contribution in [0.15, 0.2) is 41.8 Å². The van der Waals surface area contributed by atoms with E-state index >= 15 is 0 Å². The highest BCUT2D eigenvalue weighted by Crippen LogP contribution is 2.40. The molecule has 0 saturated heterocycles. The second kappa shape index (κ2) is 8.35. The minimum absolute atomic E-state index is 0.215. The van der Waals surface area contributed by atoms with Crippen LogP contribution in [0.1, 0.15) is 36.4 Å². The third-order valence-electron chi connectivity index (χ3n) is 5.64. The summed E-state index contributed by atoms with van der Waals surface area (Å²) in [6.07, 6.45) is 7.44. The fourth-order valence-electron chi connectivity index (χ4n) is 4.26. The highest BCUT2D eigenvalue weighted by molar-refractivity contribution is 5.81. The van der Waals surface area contributed by atoms with Crippen molar-refractivity contribution < 1.29 is 9.63 Å². The Morgan fingerprint density at radius 3 is 2.97 bits per heavy atom. The summed E-state index contributed by atoms with van der Waals surface area (Å²) in [5.41, 5.74) is 8.63. The minimum atomic E-state index is -0.862. The van der Waals surface area contributed by atoms with Gasteiger partial charge in [-0.3, -0.25) is 9.48 Å². The molecule has 3 heterocycles. The maximum atomic E-state index is 12.0. The van der Waals surface area contributed by atoms with E-state index in [0.717, 1.165) is 36.8 Å². The normalized spacial score (nSPS) is 20.4. The summed E-state index contributed by atoms with van der Waals surface area (Å²) in [7, 11) is 1.84. The molecule has 11 nitrogen and oxygen atoms in total. The number of rotatable bonds is 5. The molecule has 1 aliphatic carbocycles. The van der Waals surface area contributed by atoms with Crippen LogP contribution in [0.5, 0.6) is 0 Å². The first-order valence-electron chi connectivity index (χ1n) is 10.4. The average molecular weight is 433 g/mol. The van der Waals surface area contributed by atoms with Crippen molar-refractivity contribution in [2.45, 2.75) is 37.9 Å². The molecule has 0 radical (unpaired) electrons. The van der Waals surface area contributed by atoms with Crippen LogP contribution in [0.2, 0.25) is 0 Å². The first-order chi connectivity index (χ1) is 15.6. The number of hydrogen-bond acceptors (Lipinski definition) is 9. The van der Waals surface area contributed by atoms with Gasteiger partial charge in [0, 0.05) is 24.9 Å². The van der Waals surface area contributed by atoms with Crippen LogP contribution in [-0.2, 0) is 23.1 Å². The van der Waals surface area contributed by atoms with Gasteiger partial charge in [0.25, 0.3) is 5.91 Å². The molecule has 2 aromatic heterocycles. The molecule has 0 bridgehead atoms. The lowest BCUT2D eigenvalue weighted by molar-refractivity contribution is -0.148. The topological polar surface area (TPSA) is 136 Å². The lowest BCUT2D eigenvalue weighted by Gasteiger charge is -2.30. The molecule has 164 valence electrons. The molecule has 1 aromatic carbocycles. The predicted molar refractivity (Wildman–Crippen MR) is 116 cm³/mol. The number of benzene rings is 1. The molecule has 0 fully saturated rings. The van der Waals surface area contributed by atoms with Gasteiger partial charge in [-0.2, -0.15) is 10.1 Å². The van der Waals surface area contributed by atoms with Crippen LogP contribution >= 0.6 is 0 Å². The second-order valence-electron chi connectivity index (χ2n) is 7.77. The number of amides is 1. The summed E-state index contributed by atoms with van der Waals surface area (Å²) in [5, 5.41) is 9.00. The van der Waals surface area contributed by atoms with Gasteiger partial charge in [-0.25, -0.2) is 15.0 Å². The van der Waals surface area contributed by atoms with E-state index in [1.54, 1.807) is 9.75 Å². The molecule has 2 aliphatic rings. The van der Waals surface area contributed by atoms with E-state index < -0.39 is 12.1 Å². The third kappa shape index (κ3) is 3.78. The number of hydrogen-bond donors (Lipinski definition) is 2.